The minimum atomic E-state index is -0.378. The van der Waals surface area contributed by atoms with Gasteiger partial charge in [-0.25, -0.2) is 5.48 Å². The van der Waals surface area contributed by atoms with E-state index in [9.17, 15) is 9.59 Å². The zero-order valence-corrected chi connectivity index (χ0v) is 16.4. The van der Waals surface area contributed by atoms with Crippen molar-refractivity contribution in [2.24, 2.45) is 23.2 Å². The van der Waals surface area contributed by atoms with Gasteiger partial charge in [-0.05, 0) is 74.7 Å². The van der Waals surface area contributed by atoms with Crippen molar-refractivity contribution in [2.75, 3.05) is 6.54 Å². The molecule has 5 aliphatic rings. The Kier molecular flexibility index (Phi) is 4.66. The van der Waals surface area contributed by atoms with Crippen LogP contribution in [0.25, 0.3) is 0 Å². The number of rotatable bonds is 5. The van der Waals surface area contributed by atoms with E-state index in [0.29, 0.717) is 13.2 Å². The van der Waals surface area contributed by atoms with Crippen LogP contribution in [0.2, 0.25) is 0 Å². The Morgan fingerprint density at radius 3 is 2.32 bits per heavy atom. The van der Waals surface area contributed by atoms with E-state index in [-0.39, 0.29) is 23.3 Å². The van der Waals surface area contributed by atoms with Crippen LogP contribution in [0.5, 0.6) is 0 Å². The third kappa shape index (κ3) is 3.24. The van der Waals surface area contributed by atoms with Crippen LogP contribution in [0.4, 0.5) is 0 Å². The van der Waals surface area contributed by atoms with Crippen molar-refractivity contribution in [3.05, 3.63) is 35.9 Å². The van der Waals surface area contributed by atoms with Crippen LogP contribution in [0, 0.1) is 23.2 Å². The predicted molar refractivity (Wildman–Crippen MR) is 105 cm³/mol. The number of likely N-dealkylation sites (tertiary alicyclic amines) is 1. The molecule has 1 aromatic rings. The highest BCUT2D eigenvalue weighted by atomic mass is 16.6. The number of nitrogens with zero attached hydrogens (tertiary/aromatic N) is 1. The van der Waals surface area contributed by atoms with E-state index in [1.54, 1.807) is 0 Å². The van der Waals surface area contributed by atoms with Crippen LogP contribution >= 0.6 is 0 Å². The summed E-state index contributed by atoms with van der Waals surface area (Å²) in [7, 11) is 0. The van der Waals surface area contributed by atoms with Gasteiger partial charge in [-0.2, -0.15) is 0 Å². The van der Waals surface area contributed by atoms with Crippen molar-refractivity contribution < 1.29 is 14.4 Å². The van der Waals surface area contributed by atoms with Crippen LogP contribution in [0.15, 0.2) is 30.3 Å². The van der Waals surface area contributed by atoms with Gasteiger partial charge in [0.1, 0.15) is 6.04 Å². The monoisotopic (exact) mass is 382 g/mol. The number of amides is 2. The van der Waals surface area contributed by atoms with Gasteiger partial charge < -0.3 is 4.90 Å². The molecule has 5 heteroatoms. The SMILES string of the molecule is O=C(NOCc1ccccc1)C1CCCN1C(=O)C12CC3CC(CC(C3)C1)C2. The van der Waals surface area contributed by atoms with E-state index in [1.165, 1.54) is 19.3 Å². The molecule has 1 unspecified atom stereocenters. The van der Waals surface area contributed by atoms with Crippen molar-refractivity contribution in [1.82, 2.24) is 10.4 Å². The molecule has 1 aromatic carbocycles. The minimum absolute atomic E-state index is 0.175. The molecule has 28 heavy (non-hydrogen) atoms. The first kappa shape index (κ1) is 18.2. The third-order valence-corrected chi connectivity index (χ3v) is 7.56. The molecule has 6 rings (SSSR count). The molecular weight excluding hydrogens is 352 g/mol. The quantitative estimate of drug-likeness (QED) is 0.794. The summed E-state index contributed by atoms with van der Waals surface area (Å²) in [5, 5.41) is 0. The number of carbonyl (C=O) groups is 2. The minimum Gasteiger partial charge on any atom is -0.330 e. The average Bonchev–Trinajstić information content (AvgIpc) is 3.17. The van der Waals surface area contributed by atoms with E-state index in [1.807, 2.05) is 35.2 Å². The zero-order chi connectivity index (χ0) is 19.1. The van der Waals surface area contributed by atoms with Gasteiger partial charge in [0, 0.05) is 6.54 Å². The smallest absolute Gasteiger partial charge is 0.266 e. The van der Waals surface area contributed by atoms with Crippen LogP contribution in [0.1, 0.15) is 56.9 Å². The van der Waals surface area contributed by atoms with Crippen molar-refractivity contribution in [3.8, 4) is 0 Å². The average molecular weight is 383 g/mol. The lowest BCUT2D eigenvalue weighted by Crippen LogP contribution is -2.57. The van der Waals surface area contributed by atoms with Gasteiger partial charge >= 0.3 is 0 Å². The summed E-state index contributed by atoms with van der Waals surface area (Å²) in [5.41, 5.74) is 3.43. The normalized spacial score (nSPS) is 35.9. The third-order valence-electron chi connectivity index (χ3n) is 7.56. The summed E-state index contributed by atoms with van der Waals surface area (Å²) < 4.78 is 0. The number of benzene rings is 1. The Morgan fingerprint density at radius 1 is 1.04 bits per heavy atom. The second kappa shape index (κ2) is 7.18. The molecule has 0 radical (unpaired) electrons. The lowest BCUT2D eigenvalue weighted by Gasteiger charge is -2.56. The van der Waals surface area contributed by atoms with Gasteiger partial charge in [-0.3, -0.25) is 14.4 Å². The molecule has 1 aliphatic heterocycles. The predicted octanol–water partition coefficient (Wildman–Crippen LogP) is 3.44. The van der Waals surface area contributed by atoms with E-state index in [4.69, 9.17) is 4.84 Å². The zero-order valence-electron chi connectivity index (χ0n) is 16.4. The first-order valence-electron chi connectivity index (χ1n) is 10.9. The van der Waals surface area contributed by atoms with E-state index in [0.717, 1.165) is 55.4 Å². The second-order valence-electron chi connectivity index (χ2n) is 9.60. The molecule has 0 aromatic heterocycles. The maximum absolute atomic E-state index is 13.6. The number of nitrogens with one attached hydrogen (secondary N) is 1. The van der Waals surface area contributed by atoms with Gasteiger partial charge in [0.25, 0.3) is 5.91 Å². The largest absolute Gasteiger partial charge is 0.330 e. The summed E-state index contributed by atoms with van der Waals surface area (Å²) >= 11 is 0. The topological polar surface area (TPSA) is 58.6 Å². The summed E-state index contributed by atoms with van der Waals surface area (Å²) in [6, 6.07) is 9.40. The molecular formula is C23H30N2O3. The first-order valence-corrected chi connectivity index (χ1v) is 10.9. The van der Waals surface area contributed by atoms with Crippen molar-refractivity contribution in [2.45, 2.75) is 64.0 Å². The van der Waals surface area contributed by atoms with E-state index in [2.05, 4.69) is 5.48 Å². The molecule has 0 spiro atoms. The highest BCUT2D eigenvalue weighted by molar-refractivity contribution is 5.90. The Balaban J connectivity index is 1.22. The Morgan fingerprint density at radius 2 is 1.68 bits per heavy atom. The molecule has 4 saturated carbocycles. The standard InChI is InChI=1S/C23H30N2O3/c26-21(24-28-15-16-5-2-1-3-6-16)20-7-4-8-25(20)22(27)23-12-17-9-18(13-23)11-19(10-17)14-23/h1-3,5-6,17-20H,4,7-15H2,(H,24,26). The molecule has 1 N–H and O–H groups in total. The summed E-state index contributed by atoms with van der Waals surface area (Å²) in [6.45, 7) is 1.04. The van der Waals surface area contributed by atoms with Crippen LogP contribution in [-0.4, -0.2) is 29.3 Å². The van der Waals surface area contributed by atoms with E-state index < -0.39 is 0 Å². The summed E-state index contributed by atoms with van der Waals surface area (Å²) in [5.74, 6) is 2.29. The molecule has 5 fully saturated rings. The van der Waals surface area contributed by atoms with Gasteiger partial charge in [-0.1, -0.05) is 30.3 Å². The molecule has 5 nitrogen and oxygen atoms in total. The summed E-state index contributed by atoms with van der Waals surface area (Å²) in [6.07, 6.45) is 8.75. The Hall–Kier alpha value is -1.88. The Labute approximate surface area is 166 Å². The molecule has 150 valence electrons. The molecule has 1 heterocycles. The molecule has 4 bridgehead atoms. The van der Waals surface area contributed by atoms with Crippen LogP contribution in [-0.2, 0) is 21.0 Å². The second-order valence-corrected chi connectivity index (χ2v) is 9.60. The van der Waals surface area contributed by atoms with Gasteiger partial charge in [0.05, 0.1) is 12.0 Å². The highest BCUT2D eigenvalue weighted by Crippen LogP contribution is 2.60. The lowest BCUT2D eigenvalue weighted by molar-refractivity contribution is -0.162. The number of hydrogen-bond donors (Lipinski definition) is 1. The fourth-order valence-corrected chi connectivity index (χ4v) is 6.79. The fourth-order valence-electron chi connectivity index (χ4n) is 6.79. The molecule has 4 aliphatic carbocycles. The fraction of sp³-hybridized carbons (Fsp3) is 0.652. The van der Waals surface area contributed by atoms with Crippen molar-refractivity contribution in [1.29, 1.82) is 0 Å². The number of carbonyl (C=O) groups excluding carboxylic acids is 2. The van der Waals surface area contributed by atoms with Crippen LogP contribution in [0.3, 0.4) is 0 Å². The Bertz CT molecular complexity index is 712. The highest BCUT2D eigenvalue weighted by Gasteiger charge is 2.56. The van der Waals surface area contributed by atoms with E-state index >= 15 is 0 Å². The maximum atomic E-state index is 13.6. The molecule has 1 atom stereocenters. The van der Waals surface area contributed by atoms with Crippen LogP contribution < -0.4 is 5.48 Å². The first-order chi connectivity index (χ1) is 13.6. The maximum Gasteiger partial charge on any atom is 0.266 e. The van der Waals surface area contributed by atoms with Crippen molar-refractivity contribution >= 4 is 11.8 Å². The number of hydroxylamine groups is 1. The van der Waals surface area contributed by atoms with Gasteiger partial charge in [-0.15, -0.1) is 0 Å². The summed E-state index contributed by atoms with van der Waals surface area (Å²) in [4.78, 5) is 33.7. The molecule has 1 saturated heterocycles. The number of hydrogen-bond acceptors (Lipinski definition) is 3. The lowest BCUT2D eigenvalue weighted by atomic mass is 9.49. The van der Waals surface area contributed by atoms with Crippen molar-refractivity contribution in [3.63, 3.8) is 0 Å². The van der Waals surface area contributed by atoms with Gasteiger partial charge in [0.15, 0.2) is 0 Å². The van der Waals surface area contributed by atoms with Gasteiger partial charge in [0.2, 0.25) is 5.91 Å². The molecule has 2 amide bonds.